The molecule has 0 radical (unpaired) electrons. The first-order valence-electron chi connectivity index (χ1n) is 4.64. The molecule has 0 saturated carbocycles. The normalized spacial score (nSPS) is 26.4. The summed E-state index contributed by atoms with van der Waals surface area (Å²) in [5.41, 5.74) is 0. The van der Waals surface area contributed by atoms with Crippen LogP contribution in [-0.4, -0.2) is 53.6 Å². The van der Waals surface area contributed by atoms with Crippen LogP contribution in [0.25, 0.3) is 0 Å². The first kappa shape index (κ1) is 10.8. The number of likely N-dealkylation sites (tertiary alicyclic amines) is 1. The van der Waals surface area contributed by atoms with Crippen molar-refractivity contribution in [1.29, 1.82) is 0 Å². The van der Waals surface area contributed by atoms with Crippen molar-refractivity contribution in [1.82, 2.24) is 9.80 Å². The number of carbonyl (C=O) groups excluding carboxylic acids is 1. The summed E-state index contributed by atoms with van der Waals surface area (Å²) in [5.74, 6) is -0.649. The van der Waals surface area contributed by atoms with Gasteiger partial charge < -0.3 is 14.9 Å². The molecule has 80 valence electrons. The van der Waals surface area contributed by atoms with Crippen LogP contribution < -0.4 is 0 Å². The minimum atomic E-state index is -0.912. The molecule has 14 heavy (non-hydrogen) atoms. The number of hydrogen-bond donors (Lipinski definition) is 1. The Kier molecular flexibility index (Phi) is 2.98. The summed E-state index contributed by atoms with van der Waals surface area (Å²) in [6, 6.07) is -0.873. The second-order valence-corrected chi connectivity index (χ2v) is 4.02. The van der Waals surface area contributed by atoms with Crippen molar-refractivity contribution < 1.29 is 14.7 Å². The molecule has 0 spiro atoms. The molecule has 0 aromatic rings. The van der Waals surface area contributed by atoms with Gasteiger partial charge in [0.1, 0.15) is 6.04 Å². The summed E-state index contributed by atoms with van der Waals surface area (Å²) in [5, 5.41) is 8.92. The standard InChI is InChI=1S/C9H16N2O3/c1-6-4-7(8(12)13)11(5-6)9(14)10(2)3/h6-7H,4-5H2,1-3H3,(H,12,13). The Morgan fingerprint density at radius 1 is 1.43 bits per heavy atom. The number of amides is 2. The van der Waals surface area contributed by atoms with E-state index in [1.54, 1.807) is 14.1 Å². The van der Waals surface area contributed by atoms with Crippen molar-refractivity contribution in [3.63, 3.8) is 0 Å². The van der Waals surface area contributed by atoms with Gasteiger partial charge in [-0.05, 0) is 12.3 Å². The smallest absolute Gasteiger partial charge is 0.326 e. The van der Waals surface area contributed by atoms with Crippen LogP contribution in [0.15, 0.2) is 0 Å². The van der Waals surface area contributed by atoms with Gasteiger partial charge in [-0.15, -0.1) is 0 Å². The lowest BCUT2D eigenvalue weighted by Crippen LogP contribution is -2.45. The van der Waals surface area contributed by atoms with Crippen molar-refractivity contribution in [3.8, 4) is 0 Å². The van der Waals surface area contributed by atoms with Crippen LogP contribution in [0.5, 0.6) is 0 Å². The predicted molar refractivity (Wildman–Crippen MR) is 51.0 cm³/mol. The molecule has 1 aliphatic heterocycles. The minimum absolute atomic E-state index is 0.221. The van der Waals surface area contributed by atoms with Crippen molar-refractivity contribution in [2.75, 3.05) is 20.6 Å². The highest BCUT2D eigenvalue weighted by Gasteiger charge is 2.38. The maximum Gasteiger partial charge on any atom is 0.326 e. The quantitative estimate of drug-likeness (QED) is 0.669. The highest BCUT2D eigenvalue weighted by molar-refractivity contribution is 5.83. The summed E-state index contributed by atoms with van der Waals surface area (Å²) < 4.78 is 0. The topological polar surface area (TPSA) is 60.9 Å². The third-order valence-corrected chi connectivity index (χ3v) is 2.42. The number of carboxylic acid groups (broad SMARTS) is 1. The molecule has 0 aliphatic carbocycles. The zero-order valence-electron chi connectivity index (χ0n) is 8.73. The maximum absolute atomic E-state index is 11.6. The number of hydrogen-bond acceptors (Lipinski definition) is 2. The molecular weight excluding hydrogens is 184 g/mol. The van der Waals surface area contributed by atoms with E-state index in [0.717, 1.165) is 0 Å². The minimum Gasteiger partial charge on any atom is -0.480 e. The van der Waals surface area contributed by atoms with Crippen molar-refractivity contribution >= 4 is 12.0 Å². The Morgan fingerprint density at radius 3 is 2.43 bits per heavy atom. The summed E-state index contributed by atoms with van der Waals surface area (Å²) in [4.78, 5) is 25.3. The van der Waals surface area contributed by atoms with Gasteiger partial charge in [-0.2, -0.15) is 0 Å². The fourth-order valence-electron chi connectivity index (χ4n) is 1.75. The van der Waals surface area contributed by atoms with E-state index in [1.165, 1.54) is 9.80 Å². The lowest BCUT2D eigenvalue weighted by atomic mass is 10.1. The van der Waals surface area contributed by atoms with E-state index in [9.17, 15) is 9.59 Å². The van der Waals surface area contributed by atoms with E-state index in [4.69, 9.17) is 5.11 Å². The first-order valence-corrected chi connectivity index (χ1v) is 4.64. The summed E-state index contributed by atoms with van der Waals surface area (Å²) in [6.45, 7) is 2.49. The summed E-state index contributed by atoms with van der Waals surface area (Å²) >= 11 is 0. The molecule has 2 unspecified atom stereocenters. The molecular formula is C9H16N2O3. The number of aliphatic carboxylic acids is 1. The van der Waals surface area contributed by atoms with E-state index in [1.807, 2.05) is 6.92 Å². The van der Waals surface area contributed by atoms with Gasteiger partial charge in [-0.3, -0.25) is 0 Å². The van der Waals surface area contributed by atoms with E-state index >= 15 is 0 Å². The van der Waals surface area contributed by atoms with Gasteiger partial charge in [-0.25, -0.2) is 9.59 Å². The average molecular weight is 200 g/mol. The first-order chi connectivity index (χ1) is 6.43. The Hall–Kier alpha value is -1.26. The van der Waals surface area contributed by atoms with E-state index in [-0.39, 0.29) is 11.9 Å². The van der Waals surface area contributed by atoms with Gasteiger partial charge in [-0.1, -0.05) is 6.92 Å². The molecule has 0 aromatic heterocycles. The molecule has 2 amide bonds. The Morgan fingerprint density at radius 2 is 2.00 bits per heavy atom. The van der Waals surface area contributed by atoms with Crippen LogP contribution in [0, 0.1) is 5.92 Å². The van der Waals surface area contributed by atoms with Gasteiger partial charge in [0.15, 0.2) is 0 Å². The van der Waals surface area contributed by atoms with Gasteiger partial charge in [0.25, 0.3) is 0 Å². The largest absolute Gasteiger partial charge is 0.480 e. The maximum atomic E-state index is 11.6. The molecule has 1 rings (SSSR count). The Bertz CT molecular complexity index is 252. The second kappa shape index (κ2) is 3.86. The number of urea groups is 1. The number of carboxylic acids is 1. The SMILES string of the molecule is CC1CC(C(=O)O)N(C(=O)N(C)C)C1. The zero-order valence-corrected chi connectivity index (χ0v) is 8.73. The van der Waals surface area contributed by atoms with Crippen molar-refractivity contribution in [3.05, 3.63) is 0 Å². The summed E-state index contributed by atoms with van der Waals surface area (Å²) in [6.07, 6.45) is 0.551. The third kappa shape index (κ3) is 1.97. The summed E-state index contributed by atoms with van der Waals surface area (Å²) in [7, 11) is 3.26. The van der Waals surface area contributed by atoms with Gasteiger partial charge >= 0.3 is 12.0 Å². The lowest BCUT2D eigenvalue weighted by Gasteiger charge is -2.25. The Balaban J connectivity index is 2.76. The predicted octanol–water partition coefficient (Wildman–Crippen LogP) is 0.463. The highest BCUT2D eigenvalue weighted by atomic mass is 16.4. The van der Waals surface area contributed by atoms with E-state index in [0.29, 0.717) is 13.0 Å². The molecule has 0 aromatic carbocycles. The molecule has 1 aliphatic rings. The van der Waals surface area contributed by atoms with E-state index < -0.39 is 12.0 Å². The molecule has 0 bridgehead atoms. The molecule has 1 fully saturated rings. The van der Waals surface area contributed by atoms with Crippen LogP contribution in [-0.2, 0) is 4.79 Å². The molecule has 2 atom stereocenters. The van der Waals surface area contributed by atoms with Crippen LogP contribution >= 0.6 is 0 Å². The van der Waals surface area contributed by atoms with Crippen LogP contribution in [0.1, 0.15) is 13.3 Å². The molecule has 1 saturated heterocycles. The zero-order chi connectivity index (χ0) is 10.9. The lowest BCUT2D eigenvalue weighted by molar-refractivity contribution is -0.141. The molecule has 5 heteroatoms. The number of rotatable bonds is 1. The third-order valence-electron chi connectivity index (χ3n) is 2.42. The van der Waals surface area contributed by atoms with Gasteiger partial charge in [0.2, 0.25) is 0 Å². The van der Waals surface area contributed by atoms with Gasteiger partial charge in [0.05, 0.1) is 0 Å². The van der Waals surface area contributed by atoms with Crippen molar-refractivity contribution in [2.24, 2.45) is 5.92 Å². The van der Waals surface area contributed by atoms with Crippen LogP contribution in [0.4, 0.5) is 4.79 Å². The number of carbonyl (C=O) groups is 2. The Labute approximate surface area is 83.3 Å². The van der Waals surface area contributed by atoms with Crippen LogP contribution in [0.2, 0.25) is 0 Å². The van der Waals surface area contributed by atoms with Crippen molar-refractivity contribution in [2.45, 2.75) is 19.4 Å². The average Bonchev–Trinajstić information content (AvgIpc) is 2.45. The molecule has 5 nitrogen and oxygen atoms in total. The fourth-order valence-corrected chi connectivity index (χ4v) is 1.75. The molecule has 1 heterocycles. The monoisotopic (exact) mass is 200 g/mol. The van der Waals surface area contributed by atoms with Gasteiger partial charge in [0, 0.05) is 20.6 Å². The molecule has 1 N–H and O–H groups in total. The second-order valence-electron chi connectivity index (χ2n) is 4.02. The van der Waals surface area contributed by atoms with Crippen LogP contribution in [0.3, 0.4) is 0 Å². The number of nitrogens with zero attached hydrogens (tertiary/aromatic N) is 2. The highest BCUT2D eigenvalue weighted by Crippen LogP contribution is 2.23. The van der Waals surface area contributed by atoms with E-state index in [2.05, 4.69) is 0 Å². The fraction of sp³-hybridized carbons (Fsp3) is 0.778.